The molecule has 0 nitrogen and oxygen atoms in total. The zero-order chi connectivity index (χ0) is 27.0. The van der Waals surface area contributed by atoms with Crippen molar-refractivity contribution in [3.63, 3.8) is 0 Å². The molecule has 0 rings (SSSR count). The number of allylic oxidation sites excluding steroid dienone is 12. The summed E-state index contributed by atoms with van der Waals surface area (Å²) in [6, 6.07) is 0. The Bertz CT molecular complexity index is 602. The van der Waals surface area contributed by atoms with Crippen molar-refractivity contribution < 1.29 is 19.5 Å². The number of hydrogen-bond acceptors (Lipinski definition) is 0. The summed E-state index contributed by atoms with van der Waals surface area (Å²) in [5.41, 5.74) is 17.7. The summed E-state index contributed by atoms with van der Waals surface area (Å²) in [6.45, 7) is 39.4. The van der Waals surface area contributed by atoms with Gasteiger partial charge in [-0.05, 0) is 144 Å². The summed E-state index contributed by atoms with van der Waals surface area (Å²) >= 11 is 0. The Morgan fingerprint density at radius 3 is 0.382 bits per heavy atom. The van der Waals surface area contributed by atoms with E-state index in [-0.39, 0.29) is 19.5 Å². The molecule has 0 aromatic rings. The van der Waals surface area contributed by atoms with E-state index in [1.807, 2.05) is 0 Å². The molecule has 0 heterocycles. The Kier molecular flexibility index (Phi) is 25.3. The van der Waals surface area contributed by atoms with Gasteiger partial charge in [0.1, 0.15) is 0 Å². The van der Waals surface area contributed by atoms with Gasteiger partial charge in [-0.2, -0.15) is 0 Å². The summed E-state index contributed by atoms with van der Waals surface area (Å²) in [4.78, 5) is 0. The second kappa shape index (κ2) is 21.4. The van der Waals surface area contributed by atoms with Crippen LogP contribution in [0.2, 0.25) is 0 Å². The summed E-state index contributed by atoms with van der Waals surface area (Å²) in [7, 11) is 0. The van der Waals surface area contributed by atoms with Crippen LogP contribution >= 0.6 is 0 Å². The van der Waals surface area contributed by atoms with E-state index in [1.54, 1.807) is 0 Å². The zero-order valence-corrected chi connectivity index (χ0v) is 28.2. The van der Waals surface area contributed by atoms with Crippen LogP contribution in [0.1, 0.15) is 144 Å². The fourth-order valence-electron chi connectivity index (χ4n) is 2.25. The van der Waals surface area contributed by atoms with E-state index in [0.29, 0.717) is 0 Å². The van der Waals surface area contributed by atoms with Crippen molar-refractivity contribution in [1.29, 1.82) is 0 Å². The molecule has 0 atom stereocenters. The minimum absolute atomic E-state index is 0. The van der Waals surface area contributed by atoms with E-state index in [2.05, 4.69) is 125 Å². The number of hydrogen-bond donors (Lipinski definition) is 0. The van der Waals surface area contributed by atoms with Gasteiger partial charge in [0.25, 0.3) is 0 Å². The van der Waals surface area contributed by atoms with Crippen molar-refractivity contribution in [2.75, 3.05) is 0 Å². The first-order valence-electron chi connectivity index (χ1n) is 12.6. The Morgan fingerprint density at radius 1 is 0.235 bits per heavy atom. The van der Waals surface area contributed by atoms with Gasteiger partial charge in [-0.1, -0.05) is 66.9 Å². The van der Waals surface area contributed by atoms with Gasteiger partial charge in [0.2, 0.25) is 0 Å². The minimum Gasteiger partial charge on any atom is -0.0772 e. The molecule has 0 fully saturated rings. The molecule has 0 aliphatic heterocycles. The average Bonchev–Trinajstić information content (AvgIpc) is 2.67. The molecule has 0 aliphatic rings. The molecule has 1 heteroatoms. The first-order valence-corrected chi connectivity index (χ1v) is 12.6. The second-order valence-electron chi connectivity index (χ2n) is 11.2. The molecule has 0 N–H and O–H groups in total. The molecular weight excluding hydrogens is 497 g/mol. The van der Waals surface area contributed by atoms with Crippen molar-refractivity contribution in [2.24, 2.45) is 0 Å². The SMILES string of the molecule is CC(C)=C(C)CC(C)=C(C)C.CC(C)=C(C)CC(C)=C(C)C.CC(C)=C(C)CC(C)=C(C)C.[Ru]. The summed E-state index contributed by atoms with van der Waals surface area (Å²) < 4.78 is 0. The van der Waals surface area contributed by atoms with Crippen molar-refractivity contribution in [3.05, 3.63) is 66.9 Å². The van der Waals surface area contributed by atoms with Crippen LogP contribution in [0.5, 0.6) is 0 Å². The molecule has 0 spiro atoms. The normalized spacial score (nSPS) is 9.00. The Labute approximate surface area is 229 Å². The first-order chi connectivity index (χ1) is 14.8. The fraction of sp³-hybridized carbons (Fsp3) is 0.636. The van der Waals surface area contributed by atoms with Gasteiger partial charge in [-0.15, -0.1) is 0 Å². The van der Waals surface area contributed by atoms with E-state index in [9.17, 15) is 0 Å². The van der Waals surface area contributed by atoms with Gasteiger partial charge in [-0.3, -0.25) is 0 Å². The van der Waals surface area contributed by atoms with Crippen LogP contribution in [0.3, 0.4) is 0 Å². The molecule has 0 unspecified atom stereocenters. The molecule has 34 heavy (non-hydrogen) atoms. The predicted octanol–water partition coefficient (Wildman–Crippen LogP) is 12.3. The third-order valence-electron chi connectivity index (χ3n) is 6.71. The van der Waals surface area contributed by atoms with Gasteiger partial charge in [-0.25, -0.2) is 0 Å². The second-order valence-corrected chi connectivity index (χ2v) is 11.2. The van der Waals surface area contributed by atoms with Crippen LogP contribution in [-0.2, 0) is 19.5 Å². The Morgan fingerprint density at radius 2 is 0.324 bits per heavy atom. The van der Waals surface area contributed by atoms with Crippen LogP contribution in [0.4, 0.5) is 0 Å². The third kappa shape index (κ3) is 22.8. The largest absolute Gasteiger partial charge is 0.0772 e. The molecule has 0 aromatic carbocycles. The van der Waals surface area contributed by atoms with Crippen LogP contribution in [-0.4, -0.2) is 0 Å². The van der Waals surface area contributed by atoms with Crippen LogP contribution < -0.4 is 0 Å². The summed E-state index contributed by atoms with van der Waals surface area (Å²) in [5, 5.41) is 0. The van der Waals surface area contributed by atoms with E-state index >= 15 is 0 Å². The van der Waals surface area contributed by atoms with E-state index in [0.717, 1.165) is 19.3 Å². The number of rotatable bonds is 6. The zero-order valence-electron chi connectivity index (χ0n) is 26.5. The molecule has 0 bridgehead atoms. The molecule has 0 saturated carbocycles. The van der Waals surface area contributed by atoms with Crippen LogP contribution in [0, 0.1) is 0 Å². The van der Waals surface area contributed by atoms with Crippen LogP contribution in [0.25, 0.3) is 0 Å². The van der Waals surface area contributed by atoms with E-state index in [4.69, 9.17) is 0 Å². The van der Waals surface area contributed by atoms with Gasteiger partial charge in [0.15, 0.2) is 0 Å². The molecule has 200 valence electrons. The maximum Gasteiger partial charge on any atom is 0 e. The van der Waals surface area contributed by atoms with Crippen molar-refractivity contribution in [3.8, 4) is 0 Å². The maximum absolute atomic E-state index is 2.21. The van der Waals surface area contributed by atoms with Crippen LogP contribution in [0.15, 0.2) is 66.9 Å². The molecular formula is C33H60Ru. The molecule has 0 aromatic heterocycles. The smallest absolute Gasteiger partial charge is 0 e. The third-order valence-corrected chi connectivity index (χ3v) is 6.71. The minimum atomic E-state index is 0. The summed E-state index contributed by atoms with van der Waals surface area (Å²) in [5.74, 6) is 0. The standard InChI is InChI=1S/3C11H20.Ru/c3*1-8(2)10(5)7-11(6)9(3)4;/h3*7H2,1-6H3;. The average molecular weight is 558 g/mol. The maximum atomic E-state index is 2.21. The Balaban J connectivity index is -0.000000196. The van der Waals surface area contributed by atoms with E-state index < -0.39 is 0 Å². The van der Waals surface area contributed by atoms with Crippen molar-refractivity contribution >= 4 is 0 Å². The molecule has 0 amide bonds. The fourth-order valence-corrected chi connectivity index (χ4v) is 2.25. The quantitative estimate of drug-likeness (QED) is 0.225. The van der Waals surface area contributed by atoms with Gasteiger partial charge in [0, 0.05) is 19.5 Å². The molecule has 0 radical (unpaired) electrons. The summed E-state index contributed by atoms with van der Waals surface area (Å²) in [6.07, 6.45) is 3.43. The van der Waals surface area contributed by atoms with E-state index in [1.165, 1.54) is 66.9 Å². The first kappa shape index (κ1) is 40.2. The monoisotopic (exact) mass is 558 g/mol. The van der Waals surface area contributed by atoms with Crippen molar-refractivity contribution in [2.45, 2.75) is 144 Å². The molecule has 0 saturated heterocycles. The van der Waals surface area contributed by atoms with Gasteiger partial charge < -0.3 is 0 Å². The van der Waals surface area contributed by atoms with Gasteiger partial charge >= 0.3 is 0 Å². The van der Waals surface area contributed by atoms with Gasteiger partial charge in [0.05, 0.1) is 0 Å². The predicted molar refractivity (Wildman–Crippen MR) is 158 cm³/mol. The molecule has 0 aliphatic carbocycles. The van der Waals surface area contributed by atoms with Crippen molar-refractivity contribution in [1.82, 2.24) is 0 Å². The topological polar surface area (TPSA) is 0 Å². The Hall–Kier alpha value is -0.937.